The van der Waals surface area contributed by atoms with E-state index in [-0.39, 0.29) is 0 Å². The number of nitrogens with one attached hydrogen (secondary N) is 1. The van der Waals surface area contributed by atoms with Crippen LogP contribution in [-0.4, -0.2) is 16.6 Å². The molecule has 0 atom stereocenters. The minimum Gasteiger partial charge on any atom is -0.358 e. The van der Waals surface area contributed by atoms with Gasteiger partial charge < -0.3 is 4.98 Å². The van der Waals surface area contributed by atoms with Crippen molar-refractivity contribution >= 4 is 17.1 Å². The number of aromatic nitrogens is 1. The van der Waals surface area contributed by atoms with Crippen molar-refractivity contribution in [3.63, 3.8) is 0 Å². The molecule has 66 valence electrons. The SMILES string of the molecule is CC1=CC(=O)C(=O)c2[nH]cc(C)c21. The maximum absolute atomic E-state index is 11.4. The summed E-state index contributed by atoms with van der Waals surface area (Å²) in [7, 11) is 0. The summed E-state index contributed by atoms with van der Waals surface area (Å²) in [5.74, 6) is -0.874. The third-order valence-corrected chi connectivity index (χ3v) is 2.27. The molecular weight excluding hydrogens is 166 g/mol. The maximum atomic E-state index is 11.4. The molecule has 0 amide bonds. The highest BCUT2D eigenvalue weighted by Gasteiger charge is 2.26. The monoisotopic (exact) mass is 175 g/mol. The van der Waals surface area contributed by atoms with Gasteiger partial charge in [-0.3, -0.25) is 9.59 Å². The summed E-state index contributed by atoms with van der Waals surface area (Å²) in [4.78, 5) is 25.3. The molecule has 1 aromatic heterocycles. The molecular formula is C10H9NO2. The number of Topliss-reactive ketones (excluding diaryl/α,β-unsaturated/α-hetero) is 1. The van der Waals surface area contributed by atoms with Gasteiger partial charge in [-0.05, 0) is 31.1 Å². The summed E-state index contributed by atoms with van der Waals surface area (Å²) in [6.07, 6.45) is 3.14. The number of H-pyrrole nitrogens is 1. The fourth-order valence-corrected chi connectivity index (χ4v) is 1.67. The second-order valence-electron chi connectivity index (χ2n) is 3.24. The van der Waals surface area contributed by atoms with Crippen molar-refractivity contribution in [2.45, 2.75) is 13.8 Å². The van der Waals surface area contributed by atoms with Crippen LogP contribution in [0.1, 0.15) is 28.5 Å². The van der Waals surface area contributed by atoms with Crippen molar-refractivity contribution in [1.29, 1.82) is 0 Å². The maximum Gasteiger partial charge on any atom is 0.249 e. The molecule has 0 saturated carbocycles. The quantitative estimate of drug-likeness (QED) is 0.607. The minimum atomic E-state index is -0.438. The van der Waals surface area contributed by atoms with Crippen LogP contribution in [0.15, 0.2) is 12.3 Å². The smallest absolute Gasteiger partial charge is 0.249 e. The van der Waals surface area contributed by atoms with Gasteiger partial charge in [0.05, 0.1) is 5.69 Å². The van der Waals surface area contributed by atoms with Gasteiger partial charge in [0.15, 0.2) is 0 Å². The summed E-state index contributed by atoms with van der Waals surface area (Å²) < 4.78 is 0. The number of allylic oxidation sites excluding steroid dienone is 2. The van der Waals surface area contributed by atoms with Crippen molar-refractivity contribution in [1.82, 2.24) is 4.98 Å². The number of ketones is 2. The fraction of sp³-hybridized carbons (Fsp3) is 0.200. The second kappa shape index (κ2) is 2.42. The summed E-state index contributed by atoms with van der Waals surface area (Å²) >= 11 is 0. The molecule has 2 rings (SSSR count). The van der Waals surface area contributed by atoms with E-state index in [1.54, 1.807) is 6.20 Å². The number of hydrogen-bond donors (Lipinski definition) is 1. The first-order valence-electron chi connectivity index (χ1n) is 4.06. The van der Waals surface area contributed by atoms with Gasteiger partial charge in [-0.1, -0.05) is 0 Å². The van der Waals surface area contributed by atoms with Crippen LogP contribution >= 0.6 is 0 Å². The Bertz CT molecular complexity index is 438. The average molecular weight is 175 g/mol. The van der Waals surface area contributed by atoms with Crippen LogP contribution in [0.5, 0.6) is 0 Å². The van der Waals surface area contributed by atoms with Crippen LogP contribution in [-0.2, 0) is 4.79 Å². The number of fused-ring (bicyclic) bond motifs is 1. The summed E-state index contributed by atoms with van der Waals surface area (Å²) in [5, 5.41) is 0. The second-order valence-corrected chi connectivity index (χ2v) is 3.24. The van der Waals surface area contributed by atoms with Crippen molar-refractivity contribution in [2.24, 2.45) is 0 Å². The summed E-state index contributed by atoms with van der Waals surface area (Å²) in [5.41, 5.74) is 3.18. The number of aromatic amines is 1. The fourth-order valence-electron chi connectivity index (χ4n) is 1.67. The average Bonchev–Trinajstić information content (AvgIpc) is 2.44. The zero-order valence-electron chi connectivity index (χ0n) is 7.47. The Morgan fingerprint density at radius 1 is 1.23 bits per heavy atom. The third-order valence-electron chi connectivity index (χ3n) is 2.27. The van der Waals surface area contributed by atoms with E-state index < -0.39 is 11.6 Å². The molecule has 0 aromatic carbocycles. The molecule has 3 heteroatoms. The molecule has 0 bridgehead atoms. The van der Waals surface area contributed by atoms with Gasteiger partial charge in [-0.15, -0.1) is 0 Å². The Hall–Kier alpha value is -1.64. The van der Waals surface area contributed by atoms with Crippen molar-refractivity contribution in [3.05, 3.63) is 29.1 Å². The molecule has 0 unspecified atom stereocenters. The van der Waals surface area contributed by atoms with Crippen LogP contribution in [0, 0.1) is 6.92 Å². The van der Waals surface area contributed by atoms with Gasteiger partial charge in [0.2, 0.25) is 11.6 Å². The highest BCUT2D eigenvalue weighted by molar-refractivity contribution is 6.50. The first kappa shape index (κ1) is 7.98. The van der Waals surface area contributed by atoms with Crippen LogP contribution in [0.3, 0.4) is 0 Å². The normalized spacial score (nSPS) is 15.7. The van der Waals surface area contributed by atoms with Gasteiger partial charge in [-0.25, -0.2) is 0 Å². The molecule has 13 heavy (non-hydrogen) atoms. The van der Waals surface area contributed by atoms with E-state index in [2.05, 4.69) is 4.98 Å². The predicted molar refractivity (Wildman–Crippen MR) is 48.5 cm³/mol. The Morgan fingerprint density at radius 2 is 1.92 bits per heavy atom. The van der Waals surface area contributed by atoms with Gasteiger partial charge in [-0.2, -0.15) is 0 Å². The van der Waals surface area contributed by atoms with Gasteiger partial charge in [0, 0.05) is 11.8 Å². The Balaban J connectivity index is 2.74. The Kier molecular flexibility index (Phi) is 1.49. The van der Waals surface area contributed by atoms with E-state index in [1.807, 2.05) is 13.8 Å². The lowest BCUT2D eigenvalue weighted by molar-refractivity contribution is -0.111. The molecule has 0 aliphatic heterocycles. The van der Waals surface area contributed by atoms with E-state index in [1.165, 1.54) is 6.08 Å². The number of hydrogen-bond acceptors (Lipinski definition) is 2. The predicted octanol–water partition coefficient (Wildman–Crippen LogP) is 1.49. The molecule has 0 saturated heterocycles. The van der Waals surface area contributed by atoms with Crippen molar-refractivity contribution in [2.75, 3.05) is 0 Å². The van der Waals surface area contributed by atoms with Gasteiger partial charge >= 0.3 is 0 Å². The topological polar surface area (TPSA) is 49.9 Å². The van der Waals surface area contributed by atoms with Crippen LogP contribution < -0.4 is 0 Å². The number of carbonyl (C=O) groups is 2. The molecule has 1 aromatic rings. The van der Waals surface area contributed by atoms with Crippen LogP contribution in [0.4, 0.5) is 0 Å². The zero-order valence-corrected chi connectivity index (χ0v) is 7.47. The lowest BCUT2D eigenvalue weighted by atomic mass is 9.94. The van der Waals surface area contributed by atoms with Crippen LogP contribution in [0.2, 0.25) is 0 Å². The summed E-state index contributed by atoms with van der Waals surface area (Å²) in [6.45, 7) is 3.75. The molecule has 0 spiro atoms. The standard InChI is InChI=1S/C10H9NO2/c1-5-3-7(12)10(13)9-8(5)6(2)4-11-9/h3-4,11H,1-2H3. The summed E-state index contributed by atoms with van der Waals surface area (Å²) in [6, 6.07) is 0. The van der Waals surface area contributed by atoms with Gasteiger partial charge in [0.25, 0.3) is 0 Å². The molecule has 1 aliphatic carbocycles. The number of aryl methyl sites for hydroxylation is 1. The molecule has 1 aliphatic rings. The molecule has 1 heterocycles. The van der Waals surface area contributed by atoms with E-state index in [4.69, 9.17) is 0 Å². The van der Waals surface area contributed by atoms with E-state index in [0.29, 0.717) is 5.69 Å². The van der Waals surface area contributed by atoms with E-state index in [0.717, 1.165) is 16.7 Å². The molecule has 1 N–H and O–H groups in total. The molecule has 3 nitrogen and oxygen atoms in total. The Morgan fingerprint density at radius 3 is 2.62 bits per heavy atom. The van der Waals surface area contributed by atoms with Gasteiger partial charge in [0.1, 0.15) is 0 Å². The lowest BCUT2D eigenvalue weighted by Gasteiger charge is -2.08. The lowest BCUT2D eigenvalue weighted by Crippen LogP contribution is -2.17. The largest absolute Gasteiger partial charge is 0.358 e. The van der Waals surface area contributed by atoms with E-state index >= 15 is 0 Å². The highest BCUT2D eigenvalue weighted by Crippen LogP contribution is 2.26. The Labute approximate surface area is 75.5 Å². The number of rotatable bonds is 0. The highest BCUT2D eigenvalue weighted by atomic mass is 16.2. The first-order chi connectivity index (χ1) is 6.11. The molecule has 0 fully saturated rings. The molecule has 0 radical (unpaired) electrons. The number of carbonyl (C=O) groups excluding carboxylic acids is 2. The van der Waals surface area contributed by atoms with Crippen LogP contribution in [0.25, 0.3) is 5.57 Å². The third kappa shape index (κ3) is 0.967. The van der Waals surface area contributed by atoms with Crippen molar-refractivity contribution in [3.8, 4) is 0 Å². The zero-order chi connectivity index (χ0) is 9.59. The first-order valence-corrected chi connectivity index (χ1v) is 4.06. The van der Waals surface area contributed by atoms with E-state index in [9.17, 15) is 9.59 Å². The minimum absolute atomic E-state index is 0.433. The van der Waals surface area contributed by atoms with Crippen molar-refractivity contribution < 1.29 is 9.59 Å².